The minimum Gasteiger partial charge on any atom is -0.367 e. The van der Waals surface area contributed by atoms with Crippen molar-refractivity contribution in [2.24, 2.45) is 0 Å². The summed E-state index contributed by atoms with van der Waals surface area (Å²) in [6, 6.07) is 0. The van der Waals surface area contributed by atoms with E-state index in [9.17, 15) is 4.79 Å². The van der Waals surface area contributed by atoms with E-state index in [-0.39, 0.29) is 23.7 Å². The Morgan fingerprint density at radius 3 is 2.91 bits per heavy atom. The van der Waals surface area contributed by atoms with E-state index in [1.54, 1.807) is 6.92 Å². The molecule has 3 heterocycles. The fraction of sp³-hybridized carbons (Fsp3) is 0.600. The van der Waals surface area contributed by atoms with E-state index in [1.165, 1.54) is 0 Å². The van der Waals surface area contributed by atoms with Gasteiger partial charge in [-0.1, -0.05) is 19.0 Å². The van der Waals surface area contributed by atoms with Crippen LogP contribution in [-0.2, 0) is 0 Å². The summed E-state index contributed by atoms with van der Waals surface area (Å²) in [4.78, 5) is 19.0. The van der Waals surface area contributed by atoms with Crippen LogP contribution in [0.3, 0.4) is 0 Å². The second-order valence-corrected chi connectivity index (χ2v) is 6.33. The SMILES string of the molecule is Cc1noc(C(C)C)c1C(=O)N1CCCC(c2nc(N)n[nH]2)C1. The number of nitrogens with zero attached hydrogens (tertiary/aromatic N) is 4. The number of aromatic nitrogens is 4. The van der Waals surface area contributed by atoms with Crippen LogP contribution in [0.15, 0.2) is 4.52 Å². The summed E-state index contributed by atoms with van der Waals surface area (Å²) in [6.45, 7) is 7.11. The lowest BCUT2D eigenvalue weighted by Crippen LogP contribution is -2.40. The third-order valence-corrected chi connectivity index (χ3v) is 4.24. The maximum Gasteiger partial charge on any atom is 0.259 e. The number of carbonyl (C=O) groups excluding carboxylic acids is 1. The molecule has 2 aromatic rings. The number of H-pyrrole nitrogens is 1. The minimum absolute atomic E-state index is 0.0235. The highest BCUT2D eigenvalue weighted by Crippen LogP contribution is 2.29. The summed E-state index contributed by atoms with van der Waals surface area (Å²) < 4.78 is 5.34. The fourth-order valence-electron chi connectivity index (χ4n) is 3.05. The van der Waals surface area contributed by atoms with Gasteiger partial charge in [0, 0.05) is 24.9 Å². The molecule has 0 bridgehead atoms. The fourth-order valence-corrected chi connectivity index (χ4v) is 3.05. The lowest BCUT2D eigenvalue weighted by atomic mass is 9.96. The summed E-state index contributed by atoms with van der Waals surface area (Å²) in [6.07, 6.45) is 1.87. The molecular weight excluding hydrogens is 296 g/mol. The number of carbonyl (C=O) groups is 1. The normalized spacial score (nSPS) is 18.6. The number of piperidine rings is 1. The Morgan fingerprint density at radius 2 is 2.26 bits per heavy atom. The Balaban J connectivity index is 1.81. The molecule has 23 heavy (non-hydrogen) atoms. The molecule has 1 atom stereocenters. The summed E-state index contributed by atoms with van der Waals surface area (Å²) >= 11 is 0. The van der Waals surface area contributed by atoms with Crippen LogP contribution in [0, 0.1) is 6.92 Å². The van der Waals surface area contributed by atoms with Crippen LogP contribution in [0.4, 0.5) is 5.95 Å². The van der Waals surface area contributed by atoms with Gasteiger partial charge in [0.2, 0.25) is 5.95 Å². The van der Waals surface area contributed by atoms with Crippen molar-refractivity contribution in [2.45, 2.75) is 45.4 Å². The minimum atomic E-state index is -0.0235. The number of nitrogens with one attached hydrogen (secondary N) is 1. The third kappa shape index (κ3) is 2.93. The predicted octanol–water partition coefficient (Wildman–Crippen LogP) is 1.83. The molecule has 0 saturated carbocycles. The summed E-state index contributed by atoms with van der Waals surface area (Å²) in [5, 5.41) is 10.7. The largest absolute Gasteiger partial charge is 0.367 e. The Hall–Kier alpha value is -2.38. The summed E-state index contributed by atoms with van der Waals surface area (Å²) in [5.74, 6) is 1.85. The number of rotatable bonds is 3. The van der Waals surface area contributed by atoms with Crippen molar-refractivity contribution in [3.63, 3.8) is 0 Å². The Morgan fingerprint density at radius 1 is 1.48 bits per heavy atom. The lowest BCUT2D eigenvalue weighted by Gasteiger charge is -2.31. The third-order valence-electron chi connectivity index (χ3n) is 4.24. The molecule has 1 fully saturated rings. The highest BCUT2D eigenvalue weighted by molar-refractivity contribution is 5.96. The topological polar surface area (TPSA) is 114 Å². The van der Waals surface area contributed by atoms with Crippen LogP contribution in [-0.4, -0.2) is 44.2 Å². The first-order chi connectivity index (χ1) is 11.0. The molecule has 3 rings (SSSR count). The first-order valence-corrected chi connectivity index (χ1v) is 7.90. The van der Waals surface area contributed by atoms with Gasteiger partial charge in [-0.15, -0.1) is 5.10 Å². The van der Waals surface area contributed by atoms with Crippen LogP contribution in [0.5, 0.6) is 0 Å². The van der Waals surface area contributed by atoms with Gasteiger partial charge >= 0.3 is 0 Å². The highest BCUT2D eigenvalue weighted by Gasteiger charge is 2.31. The molecule has 2 aromatic heterocycles. The second-order valence-electron chi connectivity index (χ2n) is 6.33. The number of hydrogen-bond acceptors (Lipinski definition) is 6. The first-order valence-electron chi connectivity index (χ1n) is 7.90. The number of likely N-dealkylation sites (tertiary alicyclic amines) is 1. The maximum absolute atomic E-state index is 12.9. The zero-order valence-electron chi connectivity index (χ0n) is 13.7. The number of anilines is 1. The molecule has 3 N–H and O–H groups in total. The van der Waals surface area contributed by atoms with Crippen molar-refractivity contribution in [1.29, 1.82) is 0 Å². The predicted molar refractivity (Wildman–Crippen MR) is 84.0 cm³/mol. The van der Waals surface area contributed by atoms with Crippen molar-refractivity contribution < 1.29 is 9.32 Å². The molecular formula is C15H22N6O2. The van der Waals surface area contributed by atoms with Gasteiger partial charge < -0.3 is 15.2 Å². The molecule has 1 aliphatic rings. The zero-order valence-corrected chi connectivity index (χ0v) is 13.7. The van der Waals surface area contributed by atoms with Gasteiger partial charge in [0.25, 0.3) is 5.91 Å². The smallest absolute Gasteiger partial charge is 0.259 e. The molecule has 124 valence electrons. The quantitative estimate of drug-likeness (QED) is 0.892. The van der Waals surface area contributed by atoms with E-state index < -0.39 is 0 Å². The second kappa shape index (κ2) is 6.02. The molecule has 1 unspecified atom stereocenters. The van der Waals surface area contributed by atoms with E-state index in [0.29, 0.717) is 23.6 Å². The Kier molecular flexibility index (Phi) is 4.06. The van der Waals surface area contributed by atoms with Crippen molar-refractivity contribution >= 4 is 11.9 Å². The summed E-state index contributed by atoms with van der Waals surface area (Å²) in [5.41, 5.74) is 6.81. The first kappa shape index (κ1) is 15.5. The van der Waals surface area contributed by atoms with Crippen molar-refractivity contribution in [3.8, 4) is 0 Å². The molecule has 0 spiro atoms. The summed E-state index contributed by atoms with van der Waals surface area (Å²) in [7, 11) is 0. The zero-order chi connectivity index (χ0) is 16.6. The van der Waals surface area contributed by atoms with Gasteiger partial charge in [-0.05, 0) is 19.8 Å². The molecule has 0 aliphatic carbocycles. The number of hydrogen-bond donors (Lipinski definition) is 2. The molecule has 8 nitrogen and oxygen atoms in total. The van der Waals surface area contributed by atoms with Crippen molar-refractivity contribution in [3.05, 3.63) is 22.8 Å². The number of amides is 1. The van der Waals surface area contributed by atoms with Crippen molar-refractivity contribution in [1.82, 2.24) is 25.2 Å². The number of aromatic amines is 1. The number of nitrogen functional groups attached to an aromatic ring is 1. The maximum atomic E-state index is 12.9. The van der Waals surface area contributed by atoms with Crippen LogP contribution >= 0.6 is 0 Å². The van der Waals surface area contributed by atoms with Gasteiger partial charge in [-0.3, -0.25) is 9.89 Å². The van der Waals surface area contributed by atoms with Gasteiger partial charge in [-0.25, -0.2) is 0 Å². The molecule has 1 aliphatic heterocycles. The van der Waals surface area contributed by atoms with E-state index in [2.05, 4.69) is 20.3 Å². The van der Waals surface area contributed by atoms with Gasteiger partial charge in [0.05, 0.1) is 5.69 Å². The van der Waals surface area contributed by atoms with Crippen LogP contribution < -0.4 is 5.73 Å². The van der Waals surface area contributed by atoms with Crippen molar-refractivity contribution in [2.75, 3.05) is 18.8 Å². The van der Waals surface area contributed by atoms with E-state index in [4.69, 9.17) is 10.3 Å². The molecule has 0 aromatic carbocycles. The van der Waals surface area contributed by atoms with Crippen LogP contribution in [0.1, 0.15) is 66.2 Å². The Labute approximate surface area is 134 Å². The number of aryl methyl sites for hydroxylation is 1. The van der Waals surface area contributed by atoms with Gasteiger partial charge in [-0.2, -0.15) is 4.98 Å². The molecule has 1 amide bonds. The average molecular weight is 318 g/mol. The standard InChI is InChI=1S/C15H22N6O2/c1-8(2)12-11(9(3)20-23-12)14(22)21-6-4-5-10(7-21)13-17-15(16)19-18-13/h8,10H,4-7H2,1-3H3,(H3,16,17,18,19). The van der Waals surface area contributed by atoms with Crippen LogP contribution in [0.25, 0.3) is 0 Å². The number of nitrogens with two attached hydrogens (primary N) is 1. The van der Waals surface area contributed by atoms with Gasteiger partial charge in [0.15, 0.2) is 5.76 Å². The van der Waals surface area contributed by atoms with E-state index in [0.717, 1.165) is 25.2 Å². The monoisotopic (exact) mass is 318 g/mol. The molecule has 0 radical (unpaired) electrons. The van der Waals surface area contributed by atoms with E-state index >= 15 is 0 Å². The molecule has 1 saturated heterocycles. The Bertz CT molecular complexity index is 705. The van der Waals surface area contributed by atoms with Gasteiger partial charge in [0.1, 0.15) is 11.4 Å². The molecule has 8 heteroatoms. The average Bonchev–Trinajstić information content (AvgIpc) is 3.13. The van der Waals surface area contributed by atoms with Crippen LogP contribution in [0.2, 0.25) is 0 Å². The highest BCUT2D eigenvalue weighted by atomic mass is 16.5. The lowest BCUT2D eigenvalue weighted by molar-refractivity contribution is 0.0701. The van der Waals surface area contributed by atoms with E-state index in [1.807, 2.05) is 18.7 Å².